The fraction of sp³-hybridized carbons (Fsp3) is 0.562. The molecule has 0 spiro atoms. The van der Waals surface area contributed by atoms with Crippen LogP contribution in [0.3, 0.4) is 0 Å². The van der Waals surface area contributed by atoms with Crippen LogP contribution in [0.5, 0.6) is 11.5 Å². The molecule has 2 aliphatic heterocycles. The Hall–Kier alpha value is -1.79. The van der Waals surface area contributed by atoms with Crippen LogP contribution >= 0.6 is 0 Å². The van der Waals surface area contributed by atoms with Crippen LogP contribution in [0.1, 0.15) is 18.4 Å². The number of hydrogen-bond acceptors (Lipinski definition) is 5. The molecule has 1 aromatic carbocycles. The number of carbonyl (C=O) groups excluding carboxylic acids is 1. The van der Waals surface area contributed by atoms with Crippen molar-refractivity contribution in [2.75, 3.05) is 27.0 Å². The highest BCUT2D eigenvalue weighted by Gasteiger charge is 2.28. The molecule has 0 radical (unpaired) electrons. The number of amides is 1. The summed E-state index contributed by atoms with van der Waals surface area (Å²) < 4.78 is 16.0. The number of aryl methyl sites for hydroxylation is 1. The smallest absolute Gasteiger partial charge is 0.231 e. The summed E-state index contributed by atoms with van der Waals surface area (Å²) in [6.45, 7) is 1.56. The molecule has 2 atom stereocenters. The normalized spacial score (nSPS) is 23.6. The molecule has 22 heavy (non-hydrogen) atoms. The summed E-state index contributed by atoms with van der Waals surface area (Å²) in [7, 11) is 1.64. The van der Waals surface area contributed by atoms with Crippen LogP contribution in [0.15, 0.2) is 18.2 Å². The molecule has 2 aliphatic rings. The van der Waals surface area contributed by atoms with Gasteiger partial charge in [-0.3, -0.25) is 4.79 Å². The van der Waals surface area contributed by atoms with E-state index in [2.05, 4.69) is 0 Å². The number of benzene rings is 1. The molecule has 2 N–H and O–H groups in total. The minimum atomic E-state index is -0.0664. The largest absolute Gasteiger partial charge is 0.454 e. The number of hydrogen-bond donors (Lipinski definition) is 1. The van der Waals surface area contributed by atoms with Gasteiger partial charge in [0.15, 0.2) is 11.5 Å². The van der Waals surface area contributed by atoms with Crippen molar-refractivity contribution in [2.45, 2.75) is 31.4 Å². The van der Waals surface area contributed by atoms with E-state index in [1.165, 1.54) is 0 Å². The Kier molecular flexibility index (Phi) is 4.49. The lowest BCUT2D eigenvalue weighted by Crippen LogP contribution is -2.53. The Labute approximate surface area is 130 Å². The maximum atomic E-state index is 12.3. The van der Waals surface area contributed by atoms with Gasteiger partial charge in [-0.2, -0.15) is 0 Å². The number of nitrogens with two attached hydrogens (primary N) is 1. The van der Waals surface area contributed by atoms with Crippen molar-refractivity contribution in [3.8, 4) is 11.5 Å². The molecule has 0 bridgehead atoms. The molecule has 6 heteroatoms. The van der Waals surface area contributed by atoms with Crippen molar-refractivity contribution in [3.63, 3.8) is 0 Å². The summed E-state index contributed by atoms with van der Waals surface area (Å²) in [5, 5.41) is 0. The van der Waals surface area contributed by atoms with E-state index < -0.39 is 0 Å². The standard InChI is InChI=1S/C16H22N2O4/c1-20-15-9-18(7-6-12(15)17)16(19)5-3-11-2-4-13-14(8-11)22-10-21-13/h2,4,8,12,15H,3,5-7,9-10,17H2,1H3/t12-,15+/m0/s1. The van der Waals surface area contributed by atoms with Gasteiger partial charge >= 0.3 is 0 Å². The highest BCUT2D eigenvalue weighted by atomic mass is 16.7. The van der Waals surface area contributed by atoms with Crippen molar-refractivity contribution >= 4 is 5.91 Å². The highest BCUT2D eigenvalue weighted by Crippen LogP contribution is 2.32. The van der Waals surface area contributed by atoms with Gasteiger partial charge in [-0.15, -0.1) is 0 Å². The van der Waals surface area contributed by atoms with Gasteiger partial charge in [0.1, 0.15) is 0 Å². The van der Waals surface area contributed by atoms with Crippen molar-refractivity contribution in [1.82, 2.24) is 4.90 Å². The molecule has 0 aromatic heterocycles. The van der Waals surface area contributed by atoms with Crippen LogP contribution in [-0.2, 0) is 16.0 Å². The molecule has 0 aliphatic carbocycles. The lowest BCUT2D eigenvalue weighted by atomic mass is 10.0. The van der Waals surface area contributed by atoms with E-state index in [-0.39, 0.29) is 24.8 Å². The van der Waals surface area contributed by atoms with Gasteiger partial charge in [-0.25, -0.2) is 0 Å². The maximum Gasteiger partial charge on any atom is 0.231 e. The average Bonchev–Trinajstić information content (AvgIpc) is 3.00. The number of carbonyl (C=O) groups is 1. The highest BCUT2D eigenvalue weighted by molar-refractivity contribution is 5.76. The first-order valence-electron chi connectivity index (χ1n) is 7.62. The zero-order valence-corrected chi connectivity index (χ0v) is 12.8. The van der Waals surface area contributed by atoms with E-state index >= 15 is 0 Å². The monoisotopic (exact) mass is 306 g/mol. The molecule has 3 rings (SSSR count). The van der Waals surface area contributed by atoms with Gasteiger partial charge in [0.2, 0.25) is 12.7 Å². The van der Waals surface area contributed by atoms with Crippen molar-refractivity contribution in [2.24, 2.45) is 5.73 Å². The van der Waals surface area contributed by atoms with E-state index in [0.29, 0.717) is 25.9 Å². The number of ether oxygens (including phenoxy) is 3. The second-order valence-corrected chi connectivity index (χ2v) is 5.75. The molecule has 0 saturated carbocycles. The Morgan fingerprint density at radius 3 is 3.05 bits per heavy atom. The van der Waals surface area contributed by atoms with Crippen LogP contribution in [0.4, 0.5) is 0 Å². The second kappa shape index (κ2) is 6.54. The number of piperidine rings is 1. The zero-order chi connectivity index (χ0) is 15.5. The quantitative estimate of drug-likeness (QED) is 0.895. The van der Waals surface area contributed by atoms with Crippen LogP contribution in [-0.4, -0.2) is 49.9 Å². The van der Waals surface area contributed by atoms with Gasteiger partial charge in [-0.05, 0) is 30.5 Å². The molecule has 1 saturated heterocycles. The third-order valence-electron chi connectivity index (χ3n) is 4.33. The van der Waals surface area contributed by atoms with E-state index in [1.54, 1.807) is 7.11 Å². The Balaban J connectivity index is 1.54. The Bertz CT molecular complexity index is 549. The van der Waals surface area contributed by atoms with Crippen LogP contribution in [0, 0.1) is 0 Å². The minimum absolute atomic E-state index is 0.0166. The summed E-state index contributed by atoms with van der Waals surface area (Å²) >= 11 is 0. The molecular weight excluding hydrogens is 284 g/mol. The van der Waals surface area contributed by atoms with E-state index in [1.807, 2.05) is 23.1 Å². The van der Waals surface area contributed by atoms with E-state index in [9.17, 15) is 4.79 Å². The minimum Gasteiger partial charge on any atom is -0.454 e. The summed E-state index contributed by atoms with van der Waals surface area (Å²) in [5.74, 6) is 1.67. The fourth-order valence-electron chi connectivity index (χ4n) is 2.92. The van der Waals surface area contributed by atoms with Crippen LogP contribution < -0.4 is 15.2 Å². The first kappa shape index (κ1) is 15.1. The third kappa shape index (κ3) is 3.18. The van der Waals surface area contributed by atoms with Gasteiger partial charge in [0.05, 0.1) is 6.10 Å². The Morgan fingerprint density at radius 1 is 1.41 bits per heavy atom. The molecule has 1 fully saturated rings. The van der Waals surface area contributed by atoms with Gasteiger partial charge in [0, 0.05) is 32.7 Å². The molecular formula is C16H22N2O4. The number of fused-ring (bicyclic) bond motifs is 1. The van der Waals surface area contributed by atoms with Gasteiger partial charge in [0.25, 0.3) is 0 Å². The summed E-state index contributed by atoms with van der Waals surface area (Å²) in [4.78, 5) is 14.2. The lowest BCUT2D eigenvalue weighted by Gasteiger charge is -2.36. The summed E-state index contributed by atoms with van der Waals surface area (Å²) in [5.41, 5.74) is 7.06. The summed E-state index contributed by atoms with van der Waals surface area (Å²) in [6, 6.07) is 5.83. The topological polar surface area (TPSA) is 74.0 Å². The Morgan fingerprint density at radius 2 is 2.23 bits per heavy atom. The number of likely N-dealkylation sites (tertiary alicyclic amines) is 1. The second-order valence-electron chi connectivity index (χ2n) is 5.75. The van der Waals surface area contributed by atoms with Crippen molar-refractivity contribution in [3.05, 3.63) is 23.8 Å². The van der Waals surface area contributed by atoms with Crippen molar-refractivity contribution in [1.29, 1.82) is 0 Å². The van der Waals surface area contributed by atoms with E-state index in [0.717, 1.165) is 23.5 Å². The third-order valence-corrected chi connectivity index (χ3v) is 4.33. The van der Waals surface area contributed by atoms with Crippen molar-refractivity contribution < 1.29 is 19.0 Å². The van der Waals surface area contributed by atoms with Gasteiger partial charge < -0.3 is 24.8 Å². The summed E-state index contributed by atoms with van der Waals surface area (Å²) in [6.07, 6.45) is 1.89. The predicted molar refractivity (Wildman–Crippen MR) is 80.9 cm³/mol. The number of nitrogens with zero attached hydrogens (tertiary/aromatic N) is 1. The fourth-order valence-corrected chi connectivity index (χ4v) is 2.92. The predicted octanol–water partition coefficient (Wildman–Crippen LogP) is 0.922. The lowest BCUT2D eigenvalue weighted by molar-refractivity contribution is -0.135. The number of methoxy groups -OCH3 is 1. The molecule has 6 nitrogen and oxygen atoms in total. The first-order chi connectivity index (χ1) is 10.7. The molecule has 0 unspecified atom stereocenters. The SMILES string of the molecule is CO[C@@H]1CN(C(=O)CCc2ccc3c(c2)OCO3)CC[C@@H]1N. The molecule has 1 aromatic rings. The van der Waals surface area contributed by atoms with Crippen LogP contribution in [0.2, 0.25) is 0 Å². The number of rotatable bonds is 4. The zero-order valence-electron chi connectivity index (χ0n) is 12.8. The van der Waals surface area contributed by atoms with Gasteiger partial charge in [-0.1, -0.05) is 6.07 Å². The molecule has 120 valence electrons. The van der Waals surface area contributed by atoms with Crippen LogP contribution in [0.25, 0.3) is 0 Å². The maximum absolute atomic E-state index is 12.3. The van der Waals surface area contributed by atoms with E-state index in [4.69, 9.17) is 19.9 Å². The molecule has 1 amide bonds. The average molecular weight is 306 g/mol. The molecule has 2 heterocycles. The first-order valence-corrected chi connectivity index (χ1v) is 7.62.